The Morgan fingerprint density at radius 2 is 2.00 bits per heavy atom. The van der Waals surface area contributed by atoms with Gasteiger partial charge in [-0.2, -0.15) is 0 Å². The summed E-state index contributed by atoms with van der Waals surface area (Å²) in [5.74, 6) is 0.182. The van der Waals surface area contributed by atoms with E-state index >= 15 is 0 Å². The van der Waals surface area contributed by atoms with Crippen LogP contribution < -0.4 is 9.64 Å². The molecule has 0 aliphatic carbocycles. The van der Waals surface area contributed by atoms with Crippen LogP contribution in [0.5, 0.6) is 5.75 Å². The lowest BCUT2D eigenvalue weighted by molar-refractivity contribution is -0.120. The fourth-order valence-electron chi connectivity index (χ4n) is 2.58. The molecule has 1 aliphatic rings. The summed E-state index contributed by atoms with van der Waals surface area (Å²) in [6.07, 6.45) is 1.61. The molecule has 1 heterocycles. The van der Waals surface area contributed by atoms with Gasteiger partial charge in [0.2, 0.25) is 0 Å². The fourth-order valence-corrected chi connectivity index (χ4v) is 2.70. The van der Waals surface area contributed by atoms with E-state index in [4.69, 9.17) is 16.3 Å². The molecule has 2 aromatic carbocycles. The van der Waals surface area contributed by atoms with Crippen molar-refractivity contribution in [3.63, 3.8) is 0 Å². The van der Waals surface area contributed by atoms with E-state index < -0.39 is 0 Å². The summed E-state index contributed by atoms with van der Waals surface area (Å²) in [5, 5.41) is 0.616. The Morgan fingerprint density at radius 1 is 1.23 bits per heavy atom. The average molecular weight is 320 g/mol. The molecule has 0 atom stereocenters. The zero-order valence-corrected chi connectivity index (χ0v) is 12.6. The van der Waals surface area contributed by atoms with Crippen molar-refractivity contribution in [3.8, 4) is 5.75 Å². The van der Waals surface area contributed by atoms with E-state index in [1.807, 2.05) is 0 Å². The SMILES string of the molecule is O=C(COc1ccc(Cl)cc1)N1CCCc2cc(F)ccc21. The molecule has 0 fully saturated rings. The molecule has 0 N–H and O–H groups in total. The van der Waals surface area contributed by atoms with Gasteiger partial charge in [0.05, 0.1) is 0 Å². The molecule has 3 nitrogen and oxygen atoms in total. The summed E-state index contributed by atoms with van der Waals surface area (Å²) in [7, 11) is 0. The third kappa shape index (κ3) is 3.22. The van der Waals surface area contributed by atoms with Crippen LogP contribution in [0.25, 0.3) is 0 Å². The van der Waals surface area contributed by atoms with Crippen LogP contribution in [0.4, 0.5) is 10.1 Å². The molecule has 0 unspecified atom stereocenters. The number of carbonyl (C=O) groups excluding carboxylic acids is 1. The van der Waals surface area contributed by atoms with E-state index in [0.717, 1.165) is 24.1 Å². The molecule has 0 aromatic heterocycles. The minimum absolute atomic E-state index is 0.0571. The highest BCUT2D eigenvalue weighted by Gasteiger charge is 2.23. The van der Waals surface area contributed by atoms with E-state index in [1.54, 1.807) is 35.2 Å². The molecule has 3 rings (SSSR count). The highest BCUT2D eigenvalue weighted by molar-refractivity contribution is 6.30. The average Bonchev–Trinajstić information content (AvgIpc) is 2.53. The van der Waals surface area contributed by atoms with Crippen molar-refractivity contribution in [1.29, 1.82) is 0 Å². The number of hydrogen-bond donors (Lipinski definition) is 0. The van der Waals surface area contributed by atoms with Gasteiger partial charge < -0.3 is 9.64 Å². The van der Waals surface area contributed by atoms with Crippen molar-refractivity contribution in [3.05, 3.63) is 58.9 Å². The summed E-state index contributed by atoms with van der Waals surface area (Å²) in [4.78, 5) is 14.0. The molecule has 0 saturated carbocycles. The van der Waals surface area contributed by atoms with E-state index in [1.165, 1.54) is 12.1 Å². The number of carbonyl (C=O) groups is 1. The Bertz CT molecular complexity index is 688. The van der Waals surface area contributed by atoms with Crippen molar-refractivity contribution >= 4 is 23.2 Å². The Kier molecular flexibility index (Phi) is 4.29. The third-order valence-corrected chi connectivity index (χ3v) is 3.89. The lowest BCUT2D eigenvalue weighted by Gasteiger charge is -2.29. The summed E-state index contributed by atoms with van der Waals surface area (Å²) < 4.78 is 18.8. The Hall–Kier alpha value is -2.07. The first kappa shape index (κ1) is 14.9. The van der Waals surface area contributed by atoms with Gasteiger partial charge in [-0.15, -0.1) is 0 Å². The van der Waals surface area contributed by atoms with E-state index in [2.05, 4.69) is 0 Å². The van der Waals surface area contributed by atoms with Crippen LogP contribution in [0.15, 0.2) is 42.5 Å². The lowest BCUT2D eigenvalue weighted by Crippen LogP contribution is -2.38. The fraction of sp³-hybridized carbons (Fsp3) is 0.235. The monoisotopic (exact) mass is 319 g/mol. The molecular weight excluding hydrogens is 305 g/mol. The van der Waals surface area contributed by atoms with E-state index in [-0.39, 0.29) is 18.3 Å². The quantitative estimate of drug-likeness (QED) is 0.860. The zero-order valence-electron chi connectivity index (χ0n) is 11.9. The van der Waals surface area contributed by atoms with Gasteiger partial charge in [-0.25, -0.2) is 4.39 Å². The second kappa shape index (κ2) is 6.36. The molecule has 2 aromatic rings. The van der Waals surface area contributed by atoms with Crippen molar-refractivity contribution in [1.82, 2.24) is 0 Å². The molecule has 0 spiro atoms. The molecule has 1 aliphatic heterocycles. The second-order valence-corrected chi connectivity index (χ2v) is 5.60. The summed E-state index contributed by atoms with van der Waals surface area (Å²) >= 11 is 5.80. The minimum atomic E-state index is -0.273. The molecule has 22 heavy (non-hydrogen) atoms. The number of ether oxygens (including phenoxy) is 1. The first-order valence-electron chi connectivity index (χ1n) is 7.10. The van der Waals surface area contributed by atoms with Gasteiger partial charge in [0, 0.05) is 17.3 Å². The summed E-state index contributed by atoms with van der Waals surface area (Å²) in [5.41, 5.74) is 1.64. The maximum Gasteiger partial charge on any atom is 0.264 e. The second-order valence-electron chi connectivity index (χ2n) is 5.16. The summed E-state index contributed by atoms with van der Waals surface area (Å²) in [6.45, 7) is 0.569. The molecule has 0 saturated heterocycles. The first-order valence-corrected chi connectivity index (χ1v) is 7.48. The number of halogens is 2. The molecule has 114 valence electrons. The largest absolute Gasteiger partial charge is 0.484 e. The van der Waals surface area contributed by atoms with Gasteiger partial charge in [-0.05, 0) is 60.9 Å². The van der Waals surface area contributed by atoms with Crippen LogP contribution in [0.1, 0.15) is 12.0 Å². The standard InChI is InChI=1S/C17H15ClFNO2/c18-13-3-6-15(7-4-13)22-11-17(21)20-9-1-2-12-10-14(19)5-8-16(12)20/h3-8,10H,1-2,9,11H2. The number of rotatable bonds is 3. The highest BCUT2D eigenvalue weighted by atomic mass is 35.5. The third-order valence-electron chi connectivity index (χ3n) is 3.64. The van der Waals surface area contributed by atoms with Gasteiger partial charge in [0.1, 0.15) is 11.6 Å². The topological polar surface area (TPSA) is 29.5 Å². The Morgan fingerprint density at radius 3 is 2.77 bits per heavy atom. The van der Waals surface area contributed by atoms with Crippen LogP contribution in [-0.2, 0) is 11.2 Å². The number of anilines is 1. The normalized spacial score (nSPS) is 13.6. The maximum atomic E-state index is 13.3. The summed E-state index contributed by atoms with van der Waals surface area (Å²) in [6, 6.07) is 11.4. The Balaban J connectivity index is 1.70. The molecule has 0 radical (unpaired) electrons. The number of hydrogen-bond acceptors (Lipinski definition) is 2. The lowest BCUT2D eigenvalue weighted by atomic mass is 10.0. The van der Waals surface area contributed by atoms with E-state index in [0.29, 0.717) is 17.3 Å². The van der Waals surface area contributed by atoms with Crippen molar-refractivity contribution in [2.75, 3.05) is 18.1 Å². The van der Waals surface area contributed by atoms with Crippen molar-refractivity contribution in [2.24, 2.45) is 0 Å². The van der Waals surface area contributed by atoms with Gasteiger partial charge in [0.15, 0.2) is 6.61 Å². The van der Waals surface area contributed by atoms with Gasteiger partial charge >= 0.3 is 0 Å². The first-order chi connectivity index (χ1) is 10.6. The Labute approximate surface area is 133 Å². The molecular formula is C17H15ClFNO2. The number of nitrogens with zero attached hydrogens (tertiary/aromatic N) is 1. The molecule has 1 amide bonds. The van der Waals surface area contributed by atoms with Gasteiger partial charge in [-0.1, -0.05) is 11.6 Å². The number of aryl methyl sites for hydroxylation is 1. The van der Waals surface area contributed by atoms with Crippen molar-refractivity contribution in [2.45, 2.75) is 12.8 Å². The smallest absolute Gasteiger partial charge is 0.264 e. The predicted molar refractivity (Wildman–Crippen MR) is 84.0 cm³/mol. The number of fused-ring (bicyclic) bond motifs is 1. The van der Waals surface area contributed by atoms with Crippen LogP contribution >= 0.6 is 11.6 Å². The van der Waals surface area contributed by atoms with Gasteiger partial charge in [0.25, 0.3) is 5.91 Å². The van der Waals surface area contributed by atoms with Crippen molar-refractivity contribution < 1.29 is 13.9 Å². The minimum Gasteiger partial charge on any atom is -0.484 e. The van der Waals surface area contributed by atoms with E-state index in [9.17, 15) is 9.18 Å². The van der Waals surface area contributed by atoms with Gasteiger partial charge in [-0.3, -0.25) is 4.79 Å². The van der Waals surface area contributed by atoms with Crippen LogP contribution in [0.2, 0.25) is 5.02 Å². The molecule has 0 bridgehead atoms. The van der Waals surface area contributed by atoms with Crippen LogP contribution in [0, 0.1) is 5.82 Å². The van der Waals surface area contributed by atoms with Crippen LogP contribution in [-0.4, -0.2) is 19.1 Å². The van der Waals surface area contributed by atoms with Crippen LogP contribution in [0.3, 0.4) is 0 Å². The number of benzene rings is 2. The molecule has 5 heteroatoms. The predicted octanol–water partition coefficient (Wildman–Crippen LogP) is 3.84. The highest BCUT2D eigenvalue weighted by Crippen LogP contribution is 2.28. The zero-order chi connectivity index (χ0) is 15.5. The number of amides is 1. The maximum absolute atomic E-state index is 13.3.